The van der Waals surface area contributed by atoms with Gasteiger partial charge in [-0.15, -0.1) is 0 Å². The predicted molar refractivity (Wildman–Crippen MR) is 44.2 cm³/mol. The smallest absolute Gasteiger partial charge is 0.157 e. The molecular formula is C8H12N4. The van der Waals surface area contributed by atoms with Crippen LogP contribution in [-0.4, -0.2) is 12.1 Å². The molecule has 0 aromatic heterocycles. The Hall–Kier alpha value is -1.42. The number of nitriles is 2. The fourth-order valence-corrected chi connectivity index (χ4v) is 0.558. The van der Waals surface area contributed by atoms with Crippen molar-refractivity contribution in [3.63, 3.8) is 0 Å². The van der Waals surface area contributed by atoms with Crippen molar-refractivity contribution in [3.8, 4) is 12.1 Å². The van der Waals surface area contributed by atoms with Gasteiger partial charge in [0.2, 0.25) is 0 Å². The largest absolute Gasteiger partial charge is 0.196 e. The van der Waals surface area contributed by atoms with Gasteiger partial charge >= 0.3 is 0 Å². The second-order valence-electron chi connectivity index (χ2n) is 2.34. The summed E-state index contributed by atoms with van der Waals surface area (Å²) < 4.78 is 0. The Morgan fingerprint density at radius 1 is 1.00 bits per heavy atom. The topological polar surface area (TPSA) is 72.3 Å². The summed E-state index contributed by atoms with van der Waals surface area (Å²) in [5.74, 6) is 0. The first-order valence-electron chi connectivity index (χ1n) is 3.97. The maximum absolute atomic E-state index is 8.50. The standard InChI is InChI=1S/C8H12N4/c1-3-7(5-9)11-12-8(4-2)6-10/h7-8H,3-4H2,1-2H3/t7-,8-/m1/s1. The van der Waals surface area contributed by atoms with Crippen molar-refractivity contribution < 1.29 is 0 Å². The van der Waals surface area contributed by atoms with Gasteiger partial charge in [0, 0.05) is 0 Å². The summed E-state index contributed by atoms with van der Waals surface area (Å²) in [4.78, 5) is 0. The second kappa shape index (κ2) is 6.30. The molecule has 0 rings (SSSR count). The third-order valence-electron chi connectivity index (χ3n) is 1.42. The van der Waals surface area contributed by atoms with E-state index in [1.54, 1.807) is 0 Å². The van der Waals surface area contributed by atoms with Gasteiger partial charge in [0.15, 0.2) is 12.1 Å². The van der Waals surface area contributed by atoms with Gasteiger partial charge in [0.25, 0.3) is 0 Å². The van der Waals surface area contributed by atoms with Crippen molar-refractivity contribution in [3.05, 3.63) is 0 Å². The summed E-state index contributed by atoms with van der Waals surface area (Å²) >= 11 is 0. The third kappa shape index (κ3) is 3.68. The summed E-state index contributed by atoms with van der Waals surface area (Å²) in [6.07, 6.45) is 1.28. The minimum absolute atomic E-state index is 0.396. The molecule has 64 valence electrons. The molecule has 0 amide bonds. The maximum atomic E-state index is 8.50. The molecule has 4 heteroatoms. The highest BCUT2D eigenvalue weighted by Crippen LogP contribution is 2.01. The number of hydrogen-bond acceptors (Lipinski definition) is 4. The summed E-state index contributed by atoms with van der Waals surface area (Å²) in [6.45, 7) is 3.72. The molecule has 0 N–H and O–H groups in total. The Labute approximate surface area is 72.5 Å². The molecule has 0 aromatic carbocycles. The molecule has 0 bridgehead atoms. The fourth-order valence-electron chi connectivity index (χ4n) is 0.558. The Balaban J connectivity index is 4.05. The fraction of sp³-hybridized carbons (Fsp3) is 0.750. The lowest BCUT2D eigenvalue weighted by molar-refractivity contribution is 0.667. The van der Waals surface area contributed by atoms with Crippen molar-refractivity contribution >= 4 is 0 Å². The van der Waals surface area contributed by atoms with Gasteiger partial charge in [-0.25, -0.2) is 0 Å². The van der Waals surface area contributed by atoms with E-state index in [9.17, 15) is 0 Å². The van der Waals surface area contributed by atoms with Crippen molar-refractivity contribution in [2.45, 2.75) is 38.8 Å². The summed E-state index contributed by atoms with van der Waals surface area (Å²) in [6, 6.07) is 3.18. The Bertz CT molecular complexity index is 196. The number of hydrogen-bond donors (Lipinski definition) is 0. The van der Waals surface area contributed by atoms with Crippen LogP contribution in [0.2, 0.25) is 0 Å². The molecule has 0 saturated carbocycles. The molecule has 0 spiro atoms. The lowest BCUT2D eigenvalue weighted by Gasteiger charge is -1.98. The van der Waals surface area contributed by atoms with E-state index >= 15 is 0 Å². The first-order valence-corrected chi connectivity index (χ1v) is 3.97. The molecule has 0 saturated heterocycles. The summed E-state index contributed by atoms with van der Waals surface area (Å²) in [7, 11) is 0. The highest BCUT2D eigenvalue weighted by Gasteiger charge is 2.03. The van der Waals surface area contributed by atoms with Crippen molar-refractivity contribution in [2.24, 2.45) is 10.2 Å². The molecule has 0 aliphatic carbocycles. The van der Waals surface area contributed by atoms with Gasteiger partial charge in [-0.2, -0.15) is 20.8 Å². The molecule has 0 aliphatic heterocycles. The van der Waals surface area contributed by atoms with E-state index in [2.05, 4.69) is 10.2 Å². The average Bonchev–Trinajstić information content (AvgIpc) is 2.13. The van der Waals surface area contributed by atoms with E-state index in [0.29, 0.717) is 12.8 Å². The van der Waals surface area contributed by atoms with E-state index in [4.69, 9.17) is 10.5 Å². The van der Waals surface area contributed by atoms with Crippen LogP contribution in [0.5, 0.6) is 0 Å². The van der Waals surface area contributed by atoms with Gasteiger partial charge in [0.1, 0.15) is 0 Å². The van der Waals surface area contributed by atoms with E-state index < -0.39 is 12.1 Å². The average molecular weight is 164 g/mol. The normalized spacial score (nSPS) is 15.0. The molecule has 4 nitrogen and oxygen atoms in total. The Kier molecular flexibility index (Phi) is 5.55. The van der Waals surface area contributed by atoms with E-state index in [1.165, 1.54) is 0 Å². The van der Waals surface area contributed by atoms with Crippen LogP contribution in [0, 0.1) is 22.7 Å². The van der Waals surface area contributed by atoms with Crippen LogP contribution in [0.25, 0.3) is 0 Å². The molecule has 0 radical (unpaired) electrons. The van der Waals surface area contributed by atoms with Crippen LogP contribution in [-0.2, 0) is 0 Å². The number of rotatable bonds is 4. The lowest BCUT2D eigenvalue weighted by Crippen LogP contribution is -2.01. The van der Waals surface area contributed by atoms with Crippen LogP contribution in [0.3, 0.4) is 0 Å². The zero-order valence-electron chi connectivity index (χ0n) is 7.36. The van der Waals surface area contributed by atoms with Crippen molar-refractivity contribution in [1.29, 1.82) is 10.5 Å². The second-order valence-corrected chi connectivity index (χ2v) is 2.34. The highest BCUT2D eigenvalue weighted by atomic mass is 15.1. The molecule has 12 heavy (non-hydrogen) atoms. The Morgan fingerprint density at radius 2 is 1.33 bits per heavy atom. The quantitative estimate of drug-likeness (QED) is 0.596. The SMILES string of the molecule is CC[C@H](C#N)N=N[C@@H](C#N)CC. The third-order valence-corrected chi connectivity index (χ3v) is 1.42. The predicted octanol–water partition coefficient (Wildman–Crippen LogP) is 2.04. The molecule has 0 aromatic rings. The first kappa shape index (κ1) is 10.6. The van der Waals surface area contributed by atoms with Gasteiger partial charge in [-0.3, -0.25) is 0 Å². The van der Waals surface area contributed by atoms with Gasteiger partial charge < -0.3 is 0 Å². The van der Waals surface area contributed by atoms with Crippen LogP contribution in [0.1, 0.15) is 26.7 Å². The number of nitrogens with zero attached hydrogens (tertiary/aromatic N) is 4. The van der Waals surface area contributed by atoms with Crippen molar-refractivity contribution in [2.75, 3.05) is 0 Å². The maximum Gasteiger partial charge on any atom is 0.157 e. The van der Waals surface area contributed by atoms with Crippen LogP contribution in [0.15, 0.2) is 10.2 Å². The van der Waals surface area contributed by atoms with E-state index in [-0.39, 0.29) is 0 Å². The molecule has 2 atom stereocenters. The van der Waals surface area contributed by atoms with Gasteiger partial charge in [0.05, 0.1) is 12.1 Å². The van der Waals surface area contributed by atoms with E-state index in [1.807, 2.05) is 26.0 Å². The summed E-state index contributed by atoms with van der Waals surface area (Å²) in [5.41, 5.74) is 0. The molecular weight excluding hydrogens is 152 g/mol. The highest BCUT2D eigenvalue weighted by molar-refractivity contribution is 4.91. The van der Waals surface area contributed by atoms with Crippen LogP contribution in [0.4, 0.5) is 0 Å². The van der Waals surface area contributed by atoms with Gasteiger partial charge in [-0.05, 0) is 12.8 Å². The number of azo groups is 1. The molecule has 0 aliphatic rings. The minimum atomic E-state index is -0.396. The molecule has 0 heterocycles. The monoisotopic (exact) mass is 164 g/mol. The van der Waals surface area contributed by atoms with Crippen LogP contribution >= 0.6 is 0 Å². The Morgan fingerprint density at radius 3 is 1.50 bits per heavy atom. The van der Waals surface area contributed by atoms with Crippen LogP contribution < -0.4 is 0 Å². The molecule has 0 unspecified atom stereocenters. The zero-order valence-corrected chi connectivity index (χ0v) is 7.36. The van der Waals surface area contributed by atoms with E-state index in [0.717, 1.165) is 0 Å². The summed E-state index contributed by atoms with van der Waals surface area (Å²) in [5, 5.41) is 24.5. The van der Waals surface area contributed by atoms with Gasteiger partial charge in [-0.1, -0.05) is 13.8 Å². The lowest BCUT2D eigenvalue weighted by atomic mass is 10.2. The van der Waals surface area contributed by atoms with Crippen molar-refractivity contribution in [1.82, 2.24) is 0 Å². The zero-order chi connectivity index (χ0) is 9.40. The minimum Gasteiger partial charge on any atom is -0.196 e. The first-order chi connectivity index (χ1) is 5.78. The molecule has 0 fully saturated rings.